The van der Waals surface area contributed by atoms with Crippen LogP contribution in [-0.2, 0) is 4.74 Å². The number of rotatable bonds is 3. The first-order valence-corrected chi connectivity index (χ1v) is 2.90. The lowest BCUT2D eigenvalue weighted by Crippen LogP contribution is -2.33. The third-order valence-electron chi connectivity index (χ3n) is 0.979. The molecule has 0 saturated carbocycles. The molecule has 3 nitrogen and oxygen atoms in total. The maximum atomic E-state index is 11.7. The molecule has 0 aliphatic heterocycles. The largest absolute Gasteiger partial charge is 0.506 e. The van der Waals surface area contributed by atoms with Crippen molar-refractivity contribution in [3.05, 3.63) is 0 Å². The van der Waals surface area contributed by atoms with E-state index in [1.165, 1.54) is 0 Å². The summed E-state index contributed by atoms with van der Waals surface area (Å²) in [5, 5.41) is 7.83. The molecular weight excluding hydrogens is 184 g/mol. The second kappa shape index (κ2) is 4.13. The van der Waals surface area contributed by atoms with Crippen molar-refractivity contribution in [2.24, 2.45) is 0 Å². The third-order valence-corrected chi connectivity index (χ3v) is 0.979. The second-order valence-corrected chi connectivity index (χ2v) is 1.89. The van der Waals surface area contributed by atoms with Crippen molar-refractivity contribution in [1.82, 2.24) is 0 Å². The molecule has 1 unspecified atom stereocenters. The fourth-order valence-corrected chi connectivity index (χ4v) is 0.510. The molecular formula is C5H6F4O3. The molecule has 0 aromatic heterocycles. The summed E-state index contributed by atoms with van der Waals surface area (Å²) in [5.74, 6) is 0. The summed E-state index contributed by atoms with van der Waals surface area (Å²) in [5.41, 5.74) is 0. The smallest absolute Gasteiger partial charge is 0.450 e. The van der Waals surface area contributed by atoms with Gasteiger partial charge < -0.3 is 9.84 Å². The first kappa shape index (κ1) is 11.0. The zero-order valence-electron chi connectivity index (χ0n) is 5.77. The number of ether oxygens (including phenoxy) is 1. The molecule has 7 heteroatoms. The lowest BCUT2D eigenvalue weighted by atomic mass is 10.2. The summed E-state index contributed by atoms with van der Waals surface area (Å²) in [4.78, 5) is 9.69. The Hall–Kier alpha value is -1.01. The fraction of sp³-hybridized carbons (Fsp3) is 0.800. The molecule has 0 bridgehead atoms. The number of hydrogen-bond acceptors (Lipinski definition) is 2. The Bertz CT molecular complexity index is 155. The van der Waals surface area contributed by atoms with Gasteiger partial charge in [0.25, 0.3) is 0 Å². The molecule has 0 aliphatic carbocycles. The van der Waals surface area contributed by atoms with Gasteiger partial charge in [0.1, 0.15) is 0 Å². The zero-order valence-corrected chi connectivity index (χ0v) is 5.77. The minimum Gasteiger partial charge on any atom is -0.450 e. The molecule has 1 N–H and O–H groups in total. The van der Waals surface area contributed by atoms with Crippen LogP contribution in [0.1, 0.15) is 6.42 Å². The minimum atomic E-state index is -4.84. The first-order valence-electron chi connectivity index (χ1n) is 2.90. The lowest BCUT2D eigenvalue weighted by molar-refractivity contribution is -0.209. The number of halogens is 4. The van der Waals surface area contributed by atoms with E-state index in [1.54, 1.807) is 0 Å². The summed E-state index contributed by atoms with van der Waals surface area (Å²) in [6.45, 7) is -1.28. The van der Waals surface area contributed by atoms with Crippen molar-refractivity contribution >= 4 is 6.16 Å². The van der Waals surface area contributed by atoms with Gasteiger partial charge in [0.05, 0.1) is 6.67 Å². The predicted molar refractivity (Wildman–Crippen MR) is 29.5 cm³/mol. The van der Waals surface area contributed by atoms with E-state index >= 15 is 0 Å². The highest BCUT2D eigenvalue weighted by molar-refractivity contribution is 5.57. The van der Waals surface area contributed by atoms with Crippen molar-refractivity contribution in [3.63, 3.8) is 0 Å². The average molecular weight is 190 g/mol. The molecule has 0 spiro atoms. The van der Waals surface area contributed by atoms with Gasteiger partial charge in [0.15, 0.2) is 0 Å². The third kappa shape index (κ3) is 3.99. The highest BCUT2D eigenvalue weighted by Crippen LogP contribution is 2.25. The molecule has 0 fully saturated rings. The van der Waals surface area contributed by atoms with Crippen molar-refractivity contribution < 1.29 is 32.2 Å². The molecule has 12 heavy (non-hydrogen) atoms. The highest BCUT2D eigenvalue weighted by Gasteiger charge is 2.42. The molecule has 0 rings (SSSR count). The van der Waals surface area contributed by atoms with Gasteiger partial charge in [0, 0.05) is 6.42 Å². The summed E-state index contributed by atoms with van der Waals surface area (Å²) in [6.07, 6.45) is -10.5. The van der Waals surface area contributed by atoms with Crippen LogP contribution < -0.4 is 0 Å². The Morgan fingerprint density at radius 3 is 2.25 bits per heavy atom. The number of hydrogen-bond donors (Lipinski definition) is 1. The zero-order chi connectivity index (χ0) is 9.78. The van der Waals surface area contributed by atoms with Crippen molar-refractivity contribution in [2.75, 3.05) is 6.67 Å². The minimum absolute atomic E-state index is 1.00. The summed E-state index contributed by atoms with van der Waals surface area (Å²) in [6, 6.07) is 0. The van der Waals surface area contributed by atoms with E-state index in [-0.39, 0.29) is 0 Å². The van der Waals surface area contributed by atoms with E-state index in [0.717, 1.165) is 0 Å². The number of alkyl halides is 4. The molecule has 0 aromatic rings. The van der Waals surface area contributed by atoms with E-state index in [4.69, 9.17) is 5.11 Å². The number of carbonyl (C=O) groups is 1. The van der Waals surface area contributed by atoms with Crippen LogP contribution >= 0.6 is 0 Å². The van der Waals surface area contributed by atoms with Crippen LogP contribution in [0.5, 0.6) is 0 Å². The van der Waals surface area contributed by atoms with Gasteiger partial charge in [0.2, 0.25) is 6.10 Å². The Labute approximate surface area is 64.9 Å². The Morgan fingerprint density at radius 1 is 1.50 bits per heavy atom. The van der Waals surface area contributed by atoms with E-state index in [0.29, 0.717) is 0 Å². The monoisotopic (exact) mass is 190 g/mol. The van der Waals surface area contributed by atoms with Crippen LogP contribution in [0.4, 0.5) is 22.4 Å². The fourth-order valence-electron chi connectivity index (χ4n) is 0.510. The molecule has 72 valence electrons. The second-order valence-electron chi connectivity index (χ2n) is 1.89. The number of carboxylic acid groups (broad SMARTS) is 1. The van der Waals surface area contributed by atoms with Gasteiger partial charge in [-0.05, 0) is 0 Å². The molecule has 1 atom stereocenters. The van der Waals surface area contributed by atoms with Crippen molar-refractivity contribution in [1.29, 1.82) is 0 Å². The van der Waals surface area contributed by atoms with E-state index in [9.17, 15) is 22.4 Å². The van der Waals surface area contributed by atoms with Crippen LogP contribution in [-0.4, -0.2) is 30.2 Å². The quantitative estimate of drug-likeness (QED) is 0.546. The van der Waals surface area contributed by atoms with Crippen LogP contribution in [0.15, 0.2) is 0 Å². The molecule has 0 aromatic carbocycles. The maximum absolute atomic E-state index is 11.7. The topological polar surface area (TPSA) is 46.5 Å². The van der Waals surface area contributed by atoms with E-state index in [2.05, 4.69) is 4.74 Å². The Balaban J connectivity index is 4.13. The van der Waals surface area contributed by atoms with Gasteiger partial charge in [-0.2, -0.15) is 13.2 Å². The van der Waals surface area contributed by atoms with Crippen LogP contribution in [0, 0.1) is 0 Å². The van der Waals surface area contributed by atoms with Gasteiger partial charge in [-0.15, -0.1) is 0 Å². The SMILES string of the molecule is O=C(O)OC(CCF)C(F)(F)F. The molecule has 0 radical (unpaired) electrons. The van der Waals surface area contributed by atoms with Crippen molar-refractivity contribution in [2.45, 2.75) is 18.7 Å². The lowest BCUT2D eigenvalue weighted by Gasteiger charge is -2.17. The van der Waals surface area contributed by atoms with Crippen LogP contribution in [0.3, 0.4) is 0 Å². The van der Waals surface area contributed by atoms with E-state index < -0.39 is 31.5 Å². The molecule has 0 saturated heterocycles. The maximum Gasteiger partial charge on any atom is 0.506 e. The summed E-state index contributed by atoms with van der Waals surface area (Å²) in [7, 11) is 0. The standard InChI is InChI=1S/C5H6F4O3/c6-2-1-3(5(7,8)9)12-4(10)11/h3H,1-2H2,(H,10,11). The Kier molecular flexibility index (Phi) is 3.78. The average Bonchev–Trinajstić information content (AvgIpc) is 1.83. The van der Waals surface area contributed by atoms with Crippen LogP contribution in [0.25, 0.3) is 0 Å². The van der Waals surface area contributed by atoms with Gasteiger partial charge in [-0.1, -0.05) is 0 Å². The Morgan fingerprint density at radius 2 is 2.00 bits per heavy atom. The highest BCUT2D eigenvalue weighted by atomic mass is 19.4. The van der Waals surface area contributed by atoms with Crippen LogP contribution in [0.2, 0.25) is 0 Å². The molecule has 0 aliphatic rings. The predicted octanol–water partition coefficient (Wildman–Crippen LogP) is 1.97. The van der Waals surface area contributed by atoms with E-state index in [1.807, 2.05) is 0 Å². The van der Waals surface area contributed by atoms with Crippen molar-refractivity contribution in [3.8, 4) is 0 Å². The normalized spacial score (nSPS) is 14.0. The van der Waals surface area contributed by atoms with Gasteiger partial charge >= 0.3 is 12.3 Å². The van der Waals surface area contributed by atoms with Gasteiger partial charge in [-0.3, -0.25) is 4.39 Å². The molecule has 0 amide bonds. The molecule has 0 heterocycles. The summed E-state index contributed by atoms with van der Waals surface area (Å²) >= 11 is 0. The first-order chi connectivity index (χ1) is 5.38. The van der Waals surface area contributed by atoms with Gasteiger partial charge in [-0.25, -0.2) is 4.79 Å². The summed E-state index contributed by atoms with van der Waals surface area (Å²) < 4.78 is 50.0.